The summed E-state index contributed by atoms with van der Waals surface area (Å²) in [5.41, 5.74) is 0.780. The summed E-state index contributed by atoms with van der Waals surface area (Å²) in [5, 5.41) is 19.3. The number of aliphatic hydroxyl groups excluding tert-OH is 2. The standard InChI is InChI=1S/C15H24O5/c1-11(8-18-3)19-9-14(17)10-20-15-6-4-5-13(7-15)12(2)16/h4-7,11-12,14,16-17H,8-10H2,1-3H3/t11?,12-,14?/m0/s1. The minimum Gasteiger partial charge on any atom is -0.491 e. The normalized spacial score (nSPS) is 15.7. The first-order valence-electron chi connectivity index (χ1n) is 6.72. The Hall–Kier alpha value is -1.14. The molecule has 114 valence electrons. The van der Waals surface area contributed by atoms with E-state index in [4.69, 9.17) is 14.2 Å². The topological polar surface area (TPSA) is 68.2 Å². The van der Waals surface area contributed by atoms with E-state index in [1.807, 2.05) is 13.0 Å². The summed E-state index contributed by atoms with van der Waals surface area (Å²) >= 11 is 0. The number of methoxy groups -OCH3 is 1. The molecule has 2 unspecified atom stereocenters. The van der Waals surface area contributed by atoms with Crippen molar-refractivity contribution in [3.05, 3.63) is 29.8 Å². The molecular weight excluding hydrogens is 260 g/mol. The van der Waals surface area contributed by atoms with Gasteiger partial charge in [0.2, 0.25) is 0 Å². The lowest BCUT2D eigenvalue weighted by Gasteiger charge is -2.16. The molecule has 0 radical (unpaired) electrons. The predicted octanol–water partition coefficient (Wildman–Crippen LogP) is 1.53. The van der Waals surface area contributed by atoms with E-state index in [0.29, 0.717) is 12.4 Å². The van der Waals surface area contributed by atoms with Gasteiger partial charge in [0.05, 0.1) is 25.4 Å². The molecule has 0 saturated heterocycles. The fourth-order valence-electron chi connectivity index (χ4n) is 1.66. The van der Waals surface area contributed by atoms with Crippen molar-refractivity contribution in [1.29, 1.82) is 0 Å². The maximum Gasteiger partial charge on any atom is 0.119 e. The second-order valence-corrected chi connectivity index (χ2v) is 4.81. The molecule has 1 aromatic rings. The van der Waals surface area contributed by atoms with Crippen LogP contribution in [-0.2, 0) is 9.47 Å². The van der Waals surface area contributed by atoms with E-state index in [0.717, 1.165) is 5.56 Å². The molecule has 0 amide bonds. The molecule has 0 saturated carbocycles. The van der Waals surface area contributed by atoms with Gasteiger partial charge in [-0.25, -0.2) is 0 Å². The molecule has 0 fully saturated rings. The van der Waals surface area contributed by atoms with Crippen LogP contribution < -0.4 is 4.74 Å². The van der Waals surface area contributed by atoms with Crippen LogP contribution in [-0.4, -0.2) is 49.4 Å². The SMILES string of the molecule is COCC(C)OCC(O)COc1cccc([C@H](C)O)c1. The molecule has 0 bridgehead atoms. The number of ether oxygens (including phenoxy) is 3. The minimum atomic E-state index is -0.704. The Labute approximate surface area is 120 Å². The van der Waals surface area contributed by atoms with Gasteiger partial charge in [0, 0.05) is 7.11 Å². The van der Waals surface area contributed by atoms with E-state index >= 15 is 0 Å². The molecule has 1 rings (SSSR count). The average Bonchev–Trinajstić information content (AvgIpc) is 2.43. The second-order valence-electron chi connectivity index (χ2n) is 4.81. The van der Waals surface area contributed by atoms with E-state index < -0.39 is 12.2 Å². The highest BCUT2D eigenvalue weighted by atomic mass is 16.5. The van der Waals surface area contributed by atoms with Crippen molar-refractivity contribution < 1.29 is 24.4 Å². The van der Waals surface area contributed by atoms with Crippen molar-refractivity contribution in [2.24, 2.45) is 0 Å². The summed E-state index contributed by atoms with van der Waals surface area (Å²) in [5.74, 6) is 0.618. The number of hydrogen-bond acceptors (Lipinski definition) is 5. The predicted molar refractivity (Wildman–Crippen MR) is 75.9 cm³/mol. The third kappa shape index (κ3) is 6.34. The zero-order valence-corrected chi connectivity index (χ0v) is 12.3. The van der Waals surface area contributed by atoms with Gasteiger partial charge in [-0.2, -0.15) is 0 Å². The zero-order valence-electron chi connectivity index (χ0n) is 12.3. The lowest BCUT2D eigenvalue weighted by molar-refractivity contribution is -0.0423. The van der Waals surface area contributed by atoms with Gasteiger partial charge in [-0.05, 0) is 31.5 Å². The summed E-state index contributed by atoms with van der Waals surface area (Å²) in [4.78, 5) is 0. The van der Waals surface area contributed by atoms with E-state index in [1.54, 1.807) is 32.2 Å². The molecule has 5 heteroatoms. The Kier molecular flexibility index (Phi) is 7.54. The number of rotatable bonds is 9. The number of aliphatic hydroxyl groups is 2. The van der Waals surface area contributed by atoms with Crippen molar-refractivity contribution >= 4 is 0 Å². The second kappa shape index (κ2) is 8.92. The first-order valence-corrected chi connectivity index (χ1v) is 6.72. The summed E-state index contributed by atoms with van der Waals surface area (Å²) in [6, 6.07) is 7.17. The van der Waals surface area contributed by atoms with Gasteiger partial charge >= 0.3 is 0 Å². The molecule has 0 aliphatic rings. The quantitative estimate of drug-likeness (QED) is 0.720. The Morgan fingerprint density at radius 1 is 1.10 bits per heavy atom. The van der Waals surface area contributed by atoms with E-state index in [9.17, 15) is 10.2 Å². The van der Waals surface area contributed by atoms with Gasteiger partial charge in [-0.1, -0.05) is 12.1 Å². The van der Waals surface area contributed by atoms with Gasteiger partial charge in [-0.15, -0.1) is 0 Å². The van der Waals surface area contributed by atoms with Crippen molar-refractivity contribution in [2.45, 2.75) is 32.2 Å². The van der Waals surface area contributed by atoms with Crippen LogP contribution in [0.1, 0.15) is 25.5 Å². The summed E-state index contributed by atoms with van der Waals surface area (Å²) in [6.45, 7) is 4.40. The number of hydrogen-bond donors (Lipinski definition) is 2. The molecule has 2 N–H and O–H groups in total. The first-order chi connectivity index (χ1) is 9.52. The molecule has 0 aliphatic carbocycles. The first kappa shape index (κ1) is 16.9. The maximum atomic E-state index is 9.77. The Morgan fingerprint density at radius 3 is 2.50 bits per heavy atom. The third-order valence-electron chi connectivity index (χ3n) is 2.76. The molecule has 0 aromatic heterocycles. The van der Waals surface area contributed by atoms with Crippen molar-refractivity contribution in [3.63, 3.8) is 0 Å². The molecule has 0 heterocycles. The van der Waals surface area contributed by atoms with Crippen LogP contribution in [0.25, 0.3) is 0 Å². The molecule has 1 aromatic carbocycles. The van der Waals surface area contributed by atoms with Gasteiger partial charge in [-0.3, -0.25) is 0 Å². The highest BCUT2D eigenvalue weighted by molar-refractivity contribution is 5.29. The largest absolute Gasteiger partial charge is 0.491 e. The van der Waals surface area contributed by atoms with Crippen LogP contribution in [0.3, 0.4) is 0 Å². The maximum absolute atomic E-state index is 9.77. The summed E-state index contributed by atoms with van der Waals surface area (Å²) in [7, 11) is 1.61. The van der Waals surface area contributed by atoms with Crippen LogP contribution in [0.4, 0.5) is 0 Å². The monoisotopic (exact) mass is 284 g/mol. The molecule has 5 nitrogen and oxygen atoms in total. The smallest absolute Gasteiger partial charge is 0.119 e. The lowest BCUT2D eigenvalue weighted by atomic mass is 10.1. The van der Waals surface area contributed by atoms with Crippen LogP contribution in [0, 0.1) is 0 Å². The van der Waals surface area contributed by atoms with E-state index in [2.05, 4.69) is 0 Å². The molecular formula is C15H24O5. The average molecular weight is 284 g/mol. The highest BCUT2D eigenvalue weighted by Crippen LogP contribution is 2.18. The zero-order chi connectivity index (χ0) is 15.0. The van der Waals surface area contributed by atoms with Gasteiger partial charge < -0.3 is 24.4 Å². The van der Waals surface area contributed by atoms with Gasteiger partial charge in [0.1, 0.15) is 18.5 Å². The molecule has 0 aliphatic heterocycles. The highest BCUT2D eigenvalue weighted by Gasteiger charge is 2.09. The Balaban J connectivity index is 2.33. The molecule has 0 spiro atoms. The van der Waals surface area contributed by atoms with E-state index in [-0.39, 0.29) is 19.3 Å². The van der Waals surface area contributed by atoms with Crippen LogP contribution >= 0.6 is 0 Å². The van der Waals surface area contributed by atoms with Crippen molar-refractivity contribution in [2.75, 3.05) is 26.9 Å². The Morgan fingerprint density at radius 2 is 1.85 bits per heavy atom. The Bertz CT molecular complexity index is 380. The van der Waals surface area contributed by atoms with Crippen LogP contribution in [0.15, 0.2) is 24.3 Å². The van der Waals surface area contributed by atoms with Gasteiger partial charge in [0.25, 0.3) is 0 Å². The van der Waals surface area contributed by atoms with Crippen LogP contribution in [0.2, 0.25) is 0 Å². The van der Waals surface area contributed by atoms with Crippen LogP contribution in [0.5, 0.6) is 5.75 Å². The number of benzene rings is 1. The fourth-order valence-corrected chi connectivity index (χ4v) is 1.66. The third-order valence-corrected chi connectivity index (χ3v) is 2.76. The van der Waals surface area contributed by atoms with Gasteiger partial charge in [0.15, 0.2) is 0 Å². The fraction of sp³-hybridized carbons (Fsp3) is 0.600. The lowest BCUT2D eigenvalue weighted by Crippen LogP contribution is -2.27. The molecule has 3 atom stereocenters. The molecule has 20 heavy (non-hydrogen) atoms. The summed E-state index contributed by atoms with van der Waals surface area (Å²) in [6.07, 6.45) is -1.31. The minimum absolute atomic E-state index is 0.0618. The van der Waals surface area contributed by atoms with Crippen molar-refractivity contribution in [1.82, 2.24) is 0 Å². The van der Waals surface area contributed by atoms with Crippen molar-refractivity contribution in [3.8, 4) is 5.75 Å². The van der Waals surface area contributed by atoms with E-state index in [1.165, 1.54) is 0 Å². The summed E-state index contributed by atoms with van der Waals surface area (Å²) < 4.78 is 15.8.